The predicted molar refractivity (Wildman–Crippen MR) is 79.6 cm³/mol. The molecular formula is C15H23BO4. The first-order chi connectivity index (χ1) is 9.12. The van der Waals surface area contributed by atoms with Crippen molar-refractivity contribution in [2.45, 2.75) is 58.8 Å². The van der Waals surface area contributed by atoms with Crippen LogP contribution in [0, 0.1) is 0 Å². The summed E-state index contributed by atoms with van der Waals surface area (Å²) in [5, 5.41) is 10.2. The maximum Gasteiger partial charge on any atom is 0.498 e. The van der Waals surface area contributed by atoms with Crippen LogP contribution in [-0.2, 0) is 9.31 Å². The van der Waals surface area contributed by atoms with Crippen LogP contribution >= 0.6 is 0 Å². The van der Waals surface area contributed by atoms with E-state index < -0.39 is 18.3 Å². The van der Waals surface area contributed by atoms with Crippen LogP contribution in [0.3, 0.4) is 0 Å². The molecule has 1 aliphatic heterocycles. The molecule has 1 N–H and O–H groups in total. The minimum atomic E-state index is -0.562. The van der Waals surface area contributed by atoms with Gasteiger partial charge in [-0.25, -0.2) is 0 Å². The summed E-state index contributed by atoms with van der Waals surface area (Å²) in [4.78, 5) is 0. The number of benzene rings is 1. The van der Waals surface area contributed by atoms with Gasteiger partial charge < -0.3 is 19.2 Å². The largest absolute Gasteiger partial charge is 0.508 e. The zero-order chi connectivity index (χ0) is 15.1. The molecule has 1 saturated heterocycles. The van der Waals surface area contributed by atoms with Gasteiger partial charge in [0, 0.05) is 11.5 Å². The van der Waals surface area contributed by atoms with E-state index >= 15 is 0 Å². The molecule has 0 aromatic heterocycles. The van der Waals surface area contributed by atoms with Crippen molar-refractivity contribution in [2.75, 3.05) is 0 Å². The Hall–Kier alpha value is -1.20. The van der Waals surface area contributed by atoms with Gasteiger partial charge in [-0.15, -0.1) is 0 Å². The van der Waals surface area contributed by atoms with Gasteiger partial charge in [0.25, 0.3) is 0 Å². The lowest BCUT2D eigenvalue weighted by atomic mass is 9.78. The highest BCUT2D eigenvalue weighted by Gasteiger charge is 2.52. The van der Waals surface area contributed by atoms with Crippen molar-refractivity contribution in [2.24, 2.45) is 0 Å². The summed E-state index contributed by atoms with van der Waals surface area (Å²) in [7, 11) is -0.562. The Bertz CT molecular complexity index is 481. The number of ether oxygens (including phenoxy) is 1. The van der Waals surface area contributed by atoms with Crippen LogP contribution in [-0.4, -0.2) is 29.5 Å². The molecule has 0 aliphatic carbocycles. The second kappa shape index (κ2) is 4.97. The van der Waals surface area contributed by atoms with Gasteiger partial charge in [-0.05, 0) is 47.6 Å². The van der Waals surface area contributed by atoms with Gasteiger partial charge in [-0.1, -0.05) is 6.07 Å². The summed E-state index contributed by atoms with van der Waals surface area (Å²) < 4.78 is 17.4. The van der Waals surface area contributed by atoms with Crippen molar-refractivity contribution in [1.29, 1.82) is 0 Å². The predicted octanol–water partition coefficient (Wildman–Crippen LogP) is 2.48. The molecule has 20 heavy (non-hydrogen) atoms. The number of phenolic OH excluding ortho intramolecular Hbond substituents is 1. The Labute approximate surface area is 121 Å². The molecule has 0 bridgehead atoms. The summed E-state index contributed by atoms with van der Waals surface area (Å²) in [6, 6.07) is 5.20. The fourth-order valence-electron chi connectivity index (χ4n) is 2.04. The Balaban J connectivity index is 2.23. The molecule has 0 unspecified atom stereocenters. The maximum absolute atomic E-state index is 10.2. The normalized spacial score (nSPS) is 20.4. The van der Waals surface area contributed by atoms with Crippen molar-refractivity contribution in [3.05, 3.63) is 18.2 Å². The van der Waals surface area contributed by atoms with Crippen molar-refractivity contribution < 1.29 is 19.2 Å². The first-order valence-electron chi connectivity index (χ1n) is 6.97. The number of phenols is 1. The van der Waals surface area contributed by atoms with Gasteiger partial charge in [-0.3, -0.25) is 0 Å². The smallest absolute Gasteiger partial charge is 0.498 e. The van der Waals surface area contributed by atoms with E-state index in [1.54, 1.807) is 12.1 Å². The molecule has 0 atom stereocenters. The summed E-state index contributed by atoms with van der Waals surface area (Å²) >= 11 is 0. The first kappa shape index (κ1) is 15.2. The lowest BCUT2D eigenvalue weighted by Gasteiger charge is -2.32. The lowest BCUT2D eigenvalue weighted by molar-refractivity contribution is 0.00578. The molecule has 0 spiro atoms. The van der Waals surface area contributed by atoms with Crippen LogP contribution in [0.4, 0.5) is 0 Å². The number of rotatable bonds is 3. The Kier molecular flexibility index (Phi) is 3.78. The summed E-state index contributed by atoms with van der Waals surface area (Å²) in [6.07, 6.45) is 0.0668. The van der Waals surface area contributed by atoms with E-state index in [4.69, 9.17) is 14.0 Å². The number of hydrogen-bond acceptors (Lipinski definition) is 4. The Morgan fingerprint density at radius 1 is 1.10 bits per heavy atom. The number of aromatic hydroxyl groups is 1. The van der Waals surface area contributed by atoms with Crippen LogP contribution in [0.5, 0.6) is 11.5 Å². The van der Waals surface area contributed by atoms with Gasteiger partial charge in [0.15, 0.2) is 0 Å². The zero-order valence-electron chi connectivity index (χ0n) is 13.1. The number of hydrogen-bond donors (Lipinski definition) is 1. The quantitative estimate of drug-likeness (QED) is 0.863. The van der Waals surface area contributed by atoms with Crippen molar-refractivity contribution in [3.8, 4) is 11.5 Å². The van der Waals surface area contributed by atoms with E-state index in [2.05, 4.69) is 0 Å². The highest BCUT2D eigenvalue weighted by Crippen LogP contribution is 2.37. The minimum Gasteiger partial charge on any atom is -0.508 e. The fourth-order valence-corrected chi connectivity index (χ4v) is 2.04. The molecule has 110 valence electrons. The van der Waals surface area contributed by atoms with Crippen molar-refractivity contribution in [1.82, 2.24) is 0 Å². The molecule has 0 saturated carbocycles. The third kappa shape index (κ3) is 2.79. The molecule has 0 radical (unpaired) electrons. The minimum absolute atomic E-state index is 0.0668. The third-order valence-electron chi connectivity index (χ3n) is 3.88. The second-order valence-corrected chi connectivity index (χ2v) is 6.48. The van der Waals surface area contributed by atoms with Gasteiger partial charge in [0.1, 0.15) is 11.5 Å². The molecule has 5 heteroatoms. The van der Waals surface area contributed by atoms with E-state index in [0.717, 1.165) is 0 Å². The van der Waals surface area contributed by atoms with Crippen LogP contribution in [0.25, 0.3) is 0 Å². The second-order valence-electron chi connectivity index (χ2n) is 6.48. The average Bonchev–Trinajstić information content (AvgIpc) is 2.46. The van der Waals surface area contributed by atoms with Crippen LogP contribution < -0.4 is 10.2 Å². The SMILES string of the molecule is CC(C)Oc1ccc(B2OC(C)(C)C(C)(C)O2)c(O)c1. The van der Waals surface area contributed by atoms with Crippen LogP contribution in [0.2, 0.25) is 0 Å². The summed E-state index contributed by atoms with van der Waals surface area (Å²) in [5.74, 6) is 0.763. The van der Waals surface area contributed by atoms with E-state index in [1.807, 2.05) is 47.6 Å². The lowest BCUT2D eigenvalue weighted by Crippen LogP contribution is -2.41. The molecule has 1 heterocycles. The summed E-state index contributed by atoms with van der Waals surface area (Å²) in [6.45, 7) is 11.8. The monoisotopic (exact) mass is 278 g/mol. The van der Waals surface area contributed by atoms with Crippen molar-refractivity contribution in [3.63, 3.8) is 0 Å². The highest BCUT2D eigenvalue weighted by atomic mass is 16.7. The third-order valence-corrected chi connectivity index (χ3v) is 3.88. The highest BCUT2D eigenvalue weighted by molar-refractivity contribution is 6.63. The van der Waals surface area contributed by atoms with Crippen LogP contribution in [0.15, 0.2) is 18.2 Å². The summed E-state index contributed by atoms with van der Waals surface area (Å²) in [5.41, 5.74) is -0.214. The topological polar surface area (TPSA) is 47.9 Å². The first-order valence-corrected chi connectivity index (χ1v) is 6.97. The zero-order valence-corrected chi connectivity index (χ0v) is 13.1. The van der Waals surface area contributed by atoms with Crippen LogP contribution in [0.1, 0.15) is 41.5 Å². The average molecular weight is 278 g/mol. The molecule has 4 nitrogen and oxygen atoms in total. The fraction of sp³-hybridized carbons (Fsp3) is 0.600. The molecule has 1 fully saturated rings. The van der Waals surface area contributed by atoms with Gasteiger partial charge in [0.2, 0.25) is 0 Å². The molecule has 0 amide bonds. The molecule has 1 aliphatic rings. The van der Waals surface area contributed by atoms with E-state index in [-0.39, 0.29) is 11.9 Å². The Morgan fingerprint density at radius 3 is 2.10 bits per heavy atom. The maximum atomic E-state index is 10.2. The van der Waals surface area contributed by atoms with Gasteiger partial charge in [-0.2, -0.15) is 0 Å². The van der Waals surface area contributed by atoms with E-state index in [9.17, 15) is 5.11 Å². The molecular weight excluding hydrogens is 255 g/mol. The van der Waals surface area contributed by atoms with Gasteiger partial charge in [0.05, 0.1) is 17.3 Å². The molecule has 2 rings (SSSR count). The molecule has 1 aromatic carbocycles. The van der Waals surface area contributed by atoms with Gasteiger partial charge >= 0.3 is 7.12 Å². The Morgan fingerprint density at radius 2 is 1.65 bits per heavy atom. The molecule has 1 aromatic rings. The standard InChI is InChI=1S/C15H23BO4/c1-10(2)18-11-7-8-12(13(17)9-11)16-19-14(3,4)15(5,6)20-16/h7-10,17H,1-6H3. The van der Waals surface area contributed by atoms with Crippen molar-refractivity contribution >= 4 is 12.6 Å². The van der Waals surface area contributed by atoms with E-state index in [1.165, 1.54) is 0 Å². The van der Waals surface area contributed by atoms with E-state index in [0.29, 0.717) is 11.2 Å².